The summed E-state index contributed by atoms with van der Waals surface area (Å²) in [7, 11) is 2.00. The predicted octanol–water partition coefficient (Wildman–Crippen LogP) is 3.80. The fourth-order valence-corrected chi connectivity index (χ4v) is 3.45. The Bertz CT molecular complexity index is 505. The van der Waals surface area contributed by atoms with E-state index in [1.807, 2.05) is 7.05 Å². The van der Waals surface area contributed by atoms with Gasteiger partial charge in [0.15, 0.2) is 0 Å². The van der Waals surface area contributed by atoms with E-state index in [9.17, 15) is 4.79 Å². The zero-order valence-electron chi connectivity index (χ0n) is 15.6. The van der Waals surface area contributed by atoms with Gasteiger partial charge in [0.25, 0.3) is 0 Å². The largest absolute Gasteiger partial charge is 0.342 e. The Balaban J connectivity index is 0.00000288. The number of nitrogens with one attached hydrogen (secondary N) is 1. The van der Waals surface area contributed by atoms with Crippen molar-refractivity contribution in [3.63, 3.8) is 0 Å². The van der Waals surface area contributed by atoms with E-state index < -0.39 is 5.41 Å². The van der Waals surface area contributed by atoms with Crippen molar-refractivity contribution in [1.29, 1.82) is 0 Å². The van der Waals surface area contributed by atoms with Crippen LogP contribution in [-0.2, 0) is 16.6 Å². The normalized spacial score (nSPS) is 15.9. The van der Waals surface area contributed by atoms with E-state index in [0.717, 1.165) is 50.4 Å². The quantitative estimate of drug-likeness (QED) is 0.844. The number of halogens is 1. The van der Waals surface area contributed by atoms with E-state index in [0.29, 0.717) is 0 Å². The number of piperidine rings is 1. The van der Waals surface area contributed by atoms with Crippen LogP contribution in [0, 0.1) is 5.92 Å². The SMILES string of the molecule is CCc1ccc(C(C)(C)C(=O)N2CCC(CCNC)CC2)cc1.Cl. The number of amides is 1. The zero-order valence-corrected chi connectivity index (χ0v) is 16.4. The van der Waals surface area contributed by atoms with Gasteiger partial charge in [0.2, 0.25) is 5.91 Å². The van der Waals surface area contributed by atoms with Gasteiger partial charge in [-0.3, -0.25) is 4.79 Å². The number of aryl methyl sites for hydroxylation is 1. The smallest absolute Gasteiger partial charge is 0.232 e. The second-order valence-corrected chi connectivity index (χ2v) is 7.30. The van der Waals surface area contributed by atoms with Crippen LogP contribution < -0.4 is 5.32 Å². The molecule has 1 aliphatic rings. The Morgan fingerprint density at radius 3 is 2.29 bits per heavy atom. The number of benzene rings is 1. The molecule has 4 heteroatoms. The molecule has 0 aromatic heterocycles. The maximum Gasteiger partial charge on any atom is 0.232 e. The van der Waals surface area contributed by atoms with Crippen molar-refractivity contribution in [1.82, 2.24) is 10.2 Å². The fraction of sp³-hybridized carbons (Fsp3) is 0.650. The minimum atomic E-state index is -0.440. The minimum absolute atomic E-state index is 0. The summed E-state index contributed by atoms with van der Waals surface area (Å²) < 4.78 is 0. The van der Waals surface area contributed by atoms with Crippen LogP contribution in [0.4, 0.5) is 0 Å². The number of carbonyl (C=O) groups excluding carboxylic acids is 1. The van der Waals surface area contributed by atoms with E-state index in [1.165, 1.54) is 12.0 Å². The second kappa shape index (κ2) is 9.43. The number of rotatable bonds is 6. The predicted molar refractivity (Wildman–Crippen MR) is 104 cm³/mol. The molecule has 1 heterocycles. The average molecular weight is 353 g/mol. The highest BCUT2D eigenvalue weighted by Gasteiger charge is 2.35. The molecule has 1 amide bonds. The lowest BCUT2D eigenvalue weighted by Gasteiger charge is -2.37. The lowest BCUT2D eigenvalue weighted by atomic mass is 9.81. The molecule has 2 rings (SSSR count). The third-order valence-electron chi connectivity index (χ3n) is 5.32. The van der Waals surface area contributed by atoms with Gasteiger partial charge in [-0.25, -0.2) is 0 Å². The molecule has 0 unspecified atom stereocenters. The molecular formula is C20H33ClN2O. The van der Waals surface area contributed by atoms with Crippen molar-refractivity contribution in [3.05, 3.63) is 35.4 Å². The maximum atomic E-state index is 13.0. The summed E-state index contributed by atoms with van der Waals surface area (Å²) in [5.74, 6) is 1.03. The molecule has 1 aromatic rings. The van der Waals surface area contributed by atoms with Crippen LogP contribution in [0.15, 0.2) is 24.3 Å². The van der Waals surface area contributed by atoms with Crippen LogP contribution in [0.1, 0.15) is 51.2 Å². The molecule has 1 N–H and O–H groups in total. The van der Waals surface area contributed by atoms with Crippen LogP contribution in [-0.4, -0.2) is 37.5 Å². The summed E-state index contributed by atoms with van der Waals surface area (Å²) >= 11 is 0. The highest BCUT2D eigenvalue weighted by molar-refractivity contribution is 5.87. The highest BCUT2D eigenvalue weighted by atomic mass is 35.5. The molecule has 1 fully saturated rings. The third kappa shape index (κ3) is 4.97. The molecule has 0 spiro atoms. The number of carbonyl (C=O) groups is 1. The van der Waals surface area contributed by atoms with Crippen LogP contribution >= 0.6 is 12.4 Å². The molecule has 1 aliphatic heterocycles. The van der Waals surface area contributed by atoms with Crippen molar-refractivity contribution < 1.29 is 4.79 Å². The lowest BCUT2D eigenvalue weighted by molar-refractivity contribution is -0.137. The number of likely N-dealkylation sites (tertiary alicyclic amines) is 1. The van der Waals surface area contributed by atoms with E-state index in [4.69, 9.17) is 0 Å². The van der Waals surface area contributed by atoms with Gasteiger partial charge in [0.05, 0.1) is 5.41 Å². The van der Waals surface area contributed by atoms with E-state index in [1.54, 1.807) is 0 Å². The molecule has 1 aromatic carbocycles. The van der Waals surface area contributed by atoms with Gasteiger partial charge in [0.1, 0.15) is 0 Å². The maximum absolute atomic E-state index is 13.0. The van der Waals surface area contributed by atoms with Crippen LogP contribution in [0.25, 0.3) is 0 Å². The molecule has 3 nitrogen and oxygen atoms in total. The van der Waals surface area contributed by atoms with Crippen molar-refractivity contribution in [2.24, 2.45) is 5.92 Å². The van der Waals surface area contributed by atoms with Gasteiger partial charge in [-0.2, -0.15) is 0 Å². The Labute approximate surface area is 153 Å². The third-order valence-corrected chi connectivity index (χ3v) is 5.32. The molecule has 0 radical (unpaired) electrons. The number of nitrogens with zero attached hydrogens (tertiary/aromatic N) is 1. The van der Waals surface area contributed by atoms with Crippen molar-refractivity contribution >= 4 is 18.3 Å². The zero-order chi connectivity index (χ0) is 16.9. The van der Waals surface area contributed by atoms with E-state index in [2.05, 4.69) is 55.3 Å². The molecule has 24 heavy (non-hydrogen) atoms. The fourth-order valence-electron chi connectivity index (χ4n) is 3.45. The molecule has 0 aliphatic carbocycles. The van der Waals surface area contributed by atoms with Gasteiger partial charge in [-0.05, 0) is 70.2 Å². The number of hydrogen-bond donors (Lipinski definition) is 1. The lowest BCUT2D eigenvalue weighted by Crippen LogP contribution is -2.47. The van der Waals surface area contributed by atoms with Crippen molar-refractivity contribution in [2.45, 2.75) is 51.9 Å². The topological polar surface area (TPSA) is 32.3 Å². The van der Waals surface area contributed by atoms with E-state index >= 15 is 0 Å². The van der Waals surface area contributed by atoms with E-state index in [-0.39, 0.29) is 18.3 Å². The summed E-state index contributed by atoms with van der Waals surface area (Å²) in [5, 5.41) is 3.22. The molecule has 0 bridgehead atoms. The molecule has 1 saturated heterocycles. The Morgan fingerprint density at radius 2 is 1.79 bits per heavy atom. The minimum Gasteiger partial charge on any atom is -0.342 e. The average Bonchev–Trinajstić information content (AvgIpc) is 2.59. The first-order valence-electron chi connectivity index (χ1n) is 9.02. The molecule has 136 valence electrons. The van der Waals surface area contributed by atoms with Crippen LogP contribution in [0.3, 0.4) is 0 Å². The van der Waals surface area contributed by atoms with Gasteiger partial charge in [-0.15, -0.1) is 12.4 Å². The summed E-state index contributed by atoms with van der Waals surface area (Å²) in [5.41, 5.74) is 2.00. The van der Waals surface area contributed by atoms with Crippen molar-refractivity contribution in [3.8, 4) is 0 Å². The van der Waals surface area contributed by atoms with Crippen LogP contribution in [0.2, 0.25) is 0 Å². The van der Waals surface area contributed by atoms with Gasteiger partial charge in [-0.1, -0.05) is 31.2 Å². The summed E-state index contributed by atoms with van der Waals surface area (Å²) in [6.07, 6.45) is 4.53. The van der Waals surface area contributed by atoms with Gasteiger partial charge in [0, 0.05) is 13.1 Å². The van der Waals surface area contributed by atoms with Crippen LogP contribution in [0.5, 0.6) is 0 Å². The molecule has 0 atom stereocenters. The standard InChI is InChI=1S/C20H32N2O.ClH/c1-5-16-6-8-18(9-7-16)20(2,3)19(23)22-14-11-17(12-15-22)10-13-21-4;/h6-9,17,21H,5,10-15H2,1-4H3;1H. The first-order chi connectivity index (χ1) is 11.0. The Kier molecular flexibility index (Phi) is 8.24. The first-order valence-corrected chi connectivity index (χ1v) is 9.02. The highest BCUT2D eigenvalue weighted by Crippen LogP contribution is 2.29. The van der Waals surface area contributed by atoms with Gasteiger partial charge >= 0.3 is 0 Å². The Morgan fingerprint density at radius 1 is 1.21 bits per heavy atom. The summed E-state index contributed by atoms with van der Waals surface area (Å²) in [6, 6.07) is 8.54. The molecular weight excluding hydrogens is 320 g/mol. The summed E-state index contributed by atoms with van der Waals surface area (Å²) in [6.45, 7) is 9.16. The Hall–Kier alpha value is -1.06. The van der Waals surface area contributed by atoms with Crippen molar-refractivity contribution in [2.75, 3.05) is 26.7 Å². The monoisotopic (exact) mass is 352 g/mol. The van der Waals surface area contributed by atoms with Gasteiger partial charge < -0.3 is 10.2 Å². The molecule has 0 saturated carbocycles. The summed E-state index contributed by atoms with van der Waals surface area (Å²) in [4.78, 5) is 15.1. The second-order valence-electron chi connectivity index (χ2n) is 7.30. The first kappa shape index (κ1) is 21.0. The number of hydrogen-bond acceptors (Lipinski definition) is 2.